The molecule has 0 radical (unpaired) electrons. The molecule has 0 amide bonds. The standard InChI is InChI=1S/C20H25Cl2N3/c1-15-5-7-17(8-6-15)18-9-13-24(14-10-18)11-3-4-12-25-16(2)23-19(21)20(25)22/h5-9H,3-4,10-14H2,1-2H3. The van der Waals surface area contributed by atoms with E-state index in [2.05, 4.69) is 47.1 Å². The van der Waals surface area contributed by atoms with Crippen molar-refractivity contribution in [2.24, 2.45) is 0 Å². The number of unbranched alkanes of at least 4 members (excludes halogenated alkanes) is 1. The second kappa shape index (κ2) is 8.39. The van der Waals surface area contributed by atoms with Crippen molar-refractivity contribution in [3.05, 3.63) is 57.6 Å². The molecule has 1 aliphatic rings. The first-order valence-electron chi connectivity index (χ1n) is 8.91. The summed E-state index contributed by atoms with van der Waals surface area (Å²) in [5.74, 6) is 0.888. The van der Waals surface area contributed by atoms with Crippen LogP contribution in [0.4, 0.5) is 0 Å². The molecule has 134 valence electrons. The zero-order valence-electron chi connectivity index (χ0n) is 14.9. The lowest BCUT2D eigenvalue weighted by Gasteiger charge is -2.26. The first-order valence-corrected chi connectivity index (χ1v) is 9.67. The van der Waals surface area contributed by atoms with Gasteiger partial charge in [0.15, 0.2) is 5.15 Å². The third-order valence-electron chi connectivity index (χ3n) is 4.88. The summed E-state index contributed by atoms with van der Waals surface area (Å²) in [5, 5.41) is 0.965. The highest BCUT2D eigenvalue weighted by Gasteiger charge is 2.13. The van der Waals surface area contributed by atoms with Crippen LogP contribution in [0, 0.1) is 13.8 Å². The highest BCUT2D eigenvalue weighted by atomic mass is 35.5. The van der Waals surface area contributed by atoms with Gasteiger partial charge in [-0.3, -0.25) is 4.90 Å². The molecule has 0 aliphatic carbocycles. The molecule has 0 spiro atoms. The molecule has 0 atom stereocenters. The summed E-state index contributed by atoms with van der Waals surface area (Å²) < 4.78 is 2.00. The number of aromatic nitrogens is 2. The maximum absolute atomic E-state index is 6.18. The summed E-state index contributed by atoms with van der Waals surface area (Å²) in [6, 6.07) is 8.86. The molecule has 3 nitrogen and oxygen atoms in total. The summed E-state index contributed by atoms with van der Waals surface area (Å²) in [6.45, 7) is 8.25. The van der Waals surface area contributed by atoms with E-state index in [-0.39, 0.29) is 0 Å². The van der Waals surface area contributed by atoms with Gasteiger partial charge in [0.1, 0.15) is 11.0 Å². The van der Waals surface area contributed by atoms with Gasteiger partial charge in [-0.25, -0.2) is 4.98 Å². The third kappa shape index (κ3) is 4.66. The molecular weight excluding hydrogens is 353 g/mol. The molecule has 0 fully saturated rings. The van der Waals surface area contributed by atoms with Gasteiger partial charge in [0, 0.05) is 19.6 Å². The third-order valence-corrected chi connectivity index (χ3v) is 5.62. The van der Waals surface area contributed by atoms with E-state index in [1.165, 1.54) is 16.7 Å². The molecular formula is C20H25Cl2N3. The Bertz CT molecular complexity index is 747. The Morgan fingerprint density at radius 2 is 1.76 bits per heavy atom. The minimum absolute atomic E-state index is 0.406. The number of benzene rings is 1. The van der Waals surface area contributed by atoms with Crippen LogP contribution in [-0.2, 0) is 6.54 Å². The lowest BCUT2D eigenvalue weighted by atomic mass is 9.98. The van der Waals surface area contributed by atoms with Crippen molar-refractivity contribution in [1.82, 2.24) is 14.5 Å². The zero-order chi connectivity index (χ0) is 17.8. The van der Waals surface area contributed by atoms with E-state index in [1.54, 1.807) is 0 Å². The highest BCUT2D eigenvalue weighted by Crippen LogP contribution is 2.24. The molecule has 2 heterocycles. The summed E-state index contributed by atoms with van der Waals surface area (Å²) >= 11 is 12.1. The molecule has 1 aromatic carbocycles. The van der Waals surface area contributed by atoms with E-state index in [0.717, 1.165) is 51.3 Å². The van der Waals surface area contributed by atoms with E-state index in [4.69, 9.17) is 23.2 Å². The highest BCUT2D eigenvalue weighted by molar-refractivity contribution is 6.40. The van der Waals surface area contributed by atoms with Gasteiger partial charge in [-0.15, -0.1) is 0 Å². The van der Waals surface area contributed by atoms with E-state index < -0.39 is 0 Å². The minimum Gasteiger partial charge on any atom is -0.318 e. The van der Waals surface area contributed by atoms with Crippen LogP contribution in [-0.4, -0.2) is 34.1 Å². The predicted molar refractivity (Wildman–Crippen MR) is 106 cm³/mol. The number of hydrogen-bond acceptors (Lipinski definition) is 2. The van der Waals surface area contributed by atoms with Crippen LogP contribution in [0.5, 0.6) is 0 Å². The van der Waals surface area contributed by atoms with Crippen molar-refractivity contribution in [2.75, 3.05) is 19.6 Å². The van der Waals surface area contributed by atoms with E-state index in [1.807, 2.05) is 11.5 Å². The lowest BCUT2D eigenvalue weighted by Crippen LogP contribution is -2.29. The fourth-order valence-corrected chi connectivity index (χ4v) is 3.78. The Morgan fingerprint density at radius 1 is 1.04 bits per heavy atom. The Kier molecular flexibility index (Phi) is 6.21. The molecule has 0 saturated heterocycles. The second-order valence-corrected chi connectivity index (χ2v) is 7.46. The van der Waals surface area contributed by atoms with Gasteiger partial charge in [0.2, 0.25) is 0 Å². The van der Waals surface area contributed by atoms with Gasteiger partial charge in [0.05, 0.1) is 0 Å². The molecule has 1 aromatic heterocycles. The normalized spacial score (nSPS) is 15.4. The van der Waals surface area contributed by atoms with Crippen LogP contribution in [0.3, 0.4) is 0 Å². The fraction of sp³-hybridized carbons (Fsp3) is 0.450. The van der Waals surface area contributed by atoms with E-state index >= 15 is 0 Å². The Morgan fingerprint density at radius 3 is 2.36 bits per heavy atom. The average Bonchev–Trinajstić information content (AvgIpc) is 2.86. The Balaban J connectivity index is 1.44. The zero-order valence-corrected chi connectivity index (χ0v) is 16.4. The monoisotopic (exact) mass is 377 g/mol. The molecule has 2 aromatic rings. The Labute approximate surface area is 160 Å². The van der Waals surface area contributed by atoms with Crippen molar-refractivity contribution in [2.45, 2.75) is 39.7 Å². The van der Waals surface area contributed by atoms with Crippen LogP contribution in [0.1, 0.15) is 36.2 Å². The van der Waals surface area contributed by atoms with Gasteiger partial charge in [0.25, 0.3) is 0 Å². The molecule has 3 rings (SSSR count). The number of rotatable bonds is 6. The number of aryl methyl sites for hydroxylation is 2. The number of imidazole rings is 1. The van der Waals surface area contributed by atoms with Crippen LogP contribution < -0.4 is 0 Å². The van der Waals surface area contributed by atoms with E-state index in [0.29, 0.717) is 10.3 Å². The smallest absolute Gasteiger partial charge is 0.166 e. The average molecular weight is 378 g/mol. The maximum atomic E-state index is 6.18. The SMILES string of the molecule is Cc1ccc(C2=CCN(CCCCn3c(C)nc(Cl)c3Cl)CC2)cc1. The molecule has 0 bridgehead atoms. The lowest BCUT2D eigenvalue weighted by molar-refractivity contribution is 0.292. The Hall–Kier alpha value is -1.29. The van der Waals surface area contributed by atoms with Crippen molar-refractivity contribution < 1.29 is 0 Å². The van der Waals surface area contributed by atoms with E-state index in [9.17, 15) is 0 Å². The quantitative estimate of drug-likeness (QED) is 0.630. The van der Waals surface area contributed by atoms with Crippen molar-refractivity contribution >= 4 is 28.8 Å². The first kappa shape index (κ1) is 18.5. The van der Waals surface area contributed by atoms with Crippen LogP contribution in [0.15, 0.2) is 30.3 Å². The maximum Gasteiger partial charge on any atom is 0.166 e. The number of nitrogens with zero attached hydrogens (tertiary/aromatic N) is 3. The van der Waals surface area contributed by atoms with Crippen molar-refractivity contribution in [3.63, 3.8) is 0 Å². The summed E-state index contributed by atoms with van der Waals surface area (Å²) in [7, 11) is 0. The summed E-state index contributed by atoms with van der Waals surface area (Å²) in [6.07, 6.45) is 5.74. The molecule has 1 aliphatic heterocycles. The minimum atomic E-state index is 0.406. The van der Waals surface area contributed by atoms with Gasteiger partial charge < -0.3 is 4.57 Å². The number of hydrogen-bond donors (Lipinski definition) is 0. The fourth-order valence-electron chi connectivity index (χ4n) is 3.31. The summed E-state index contributed by atoms with van der Waals surface area (Å²) in [5.41, 5.74) is 4.16. The van der Waals surface area contributed by atoms with Gasteiger partial charge in [-0.1, -0.05) is 59.1 Å². The van der Waals surface area contributed by atoms with Crippen LogP contribution in [0.25, 0.3) is 5.57 Å². The topological polar surface area (TPSA) is 21.1 Å². The molecule has 25 heavy (non-hydrogen) atoms. The predicted octanol–water partition coefficient (Wildman–Crippen LogP) is 5.38. The van der Waals surface area contributed by atoms with Crippen LogP contribution in [0.2, 0.25) is 10.3 Å². The molecule has 5 heteroatoms. The molecule has 0 N–H and O–H groups in total. The van der Waals surface area contributed by atoms with Gasteiger partial charge in [-0.2, -0.15) is 0 Å². The van der Waals surface area contributed by atoms with Crippen LogP contribution >= 0.6 is 23.2 Å². The molecule has 0 saturated carbocycles. The van der Waals surface area contributed by atoms with Gasteiger partial charge >= 0.3 is 0 Å². The molecule has 0 unspecified atom stereocenters. The second-order valence-electron chi connectivity index (χ2n) is 6.75. The van der Waals surface area contributed by atoms with Gasteiger partial charge in [-0.05, 0) is 50.8 Å². The largest absolute Gasteiger partial charge is 0.318 e. The summed E-state index contributed by atoms with van der Waals surface area (Å²) in [4.78, 5) is 6.72. The first-order chi connectivity index (χ1) is 12.0. The van der Waals surface area contributed by atoms with Crippen molar-refractivity contribution in [1.29, 1.82) is 0 Å². The number of halogens is 2. The van der Waals surface area contributed by atoms with Crippen molar-refractivity contribution in [3.8, 4) is 0 Å².